The van der Waals surface area contributed by atoms with Gasteiger partial charge in [0.2, 0.25) is 0 Å². The van der Waals surface area contributed by atoms with Crippen LogP contribution in [0.25, 0.3) is 0 Å². The lowest BCUT2D eigenvalue weighted by Crippen LogP contribution is -2.08. The minimum Gasteiger partial charge on any atom is -0.427 e. The molecule has 0 heterocycles. The fourth-order valence-electron chi connectivity index (χ4n) is 1.60. The van der Waals surface area contributed by atoms with Crippen LogP contribution in [-0.2, 0) is 11.2 Å². The molecule has 0 amide bonds. The number of hydrogen-bond acceptors (Lipinski definition) is 3. The molecule has 2 aromatic carbocycles. The molecule has 0 bridgehead atoms. The summed E-state index contributed by atoms with van der Waals surface area (Å²) in [6, 6.07) is 16.6. The number of para-hydroxylation sites is 1. The molecule has 0 aromatic heterocycles. The summed E-state index contributed by atoms with van der Waals surface area (Å²) in [7, 11) is 0. The Hall–Kier alpha value is -2.29. The highest BCUT2D eigenvalue weighted by atomic mass is 16.5. The summed E-state index contributed by atoms with van der Waals surface area (Å²) in [6.45, 7) is 0. The Labute approximate surface area is 106 Å². The van der Waals surface area contributed by atoms with Crippen molar-refractivity contribution >= 4 is 11.7 Å². The van der Waals surface area contributed by atoms with E-state index in [1.54, 1.807) is 12.1 Å². The van der Waals surface area contributed by atoms with Gasteiger partial charge in [-0.15, -0.1) is 0 Å². The second-order valence-electron chi connectivity index (χ2n) is 4.03. The van der Waals surface area contributed by atoms with Crippen molar-refractivity contribution in [1.29, 1.82) is 0 Å². The average molecular weight is 241 g/mol. The summed E-state index contributed by atoms with van der Waals surface area (Å²) in [5.41, 5.74) is 7.40. The van der Waals surface area contributed by atoms with Gasteiger partial charge in [0, 0.05) is 12.1 Å². The Morgan fingerprint density at radius 1 is 1.00 bits per heavy atom. The molecule has 3 heteroatoms. The van der Waals surface area contributed by atoms with E-state index in [0.717, 1.165) is 11.3 Å². The van der Waals surface area contributed by atoms with Crippen molar-refractivity contribution in [3.05, 3.63) is 60.2 Å². The fraction of sp³-hybridized carbons (Fsp3) is 0.133. The summed E-state index contributed by atoms with van der Waals surface area (Å²) >= 11 is 0. The summed E-state index contributed by atoms with van der Waals surface area (Å²) < 4.78 is 5.20. The van der Waals surface area contributed by atoms with Crippen molar-refractivity contribution in [1.82, 2.24) is 0 Å². The molecule has 2 N–H and O–H groups in total. The number of anilines is 1. The van der Waals surface area contributed by atoms with Gasteiger partial charge in [0.05, 0.1) is 0 Å². The number of carbonyl (C=O) groups excluding carboxylic acids is 1. The van der Waals surface area contributed by atoms with Crippen molar-refractivity contribution in [2.24, 2.45) is 0 Å². The Morgan fingerprint density at radius 2 is 1.67 bits per heavy atom. The lowest BCUT2D eigenvalue weighted by molar-refractivity contribution is -0.134. The van der Waals surface area contributed by atoms with Crippen LogP contribution in [0.4, 0.5) is 5.69 Å². The Balaban J connectivity index is 1.83. The number of carbonyl (C=O) groups is 1. The predicted molar refractivity (Wildman–Crippen MR) is 71.3 cm³/mol. The summed E-state index contributed by atoms with van der Waals surface area (Å²) in [6.07, 6.45) is 1.02. The zero-order valence-corrected chi connectivity index (χ0v) is 10.0. The molecular weight excluding hydrogens is 226 g/mol. The average Bonchev–Trinajstić information content (AvgIpc) is 2.39. The van der Waals surface area contributed by atoms with E-state index in [-0.39, 0.29) is 5.97 Å². The molecule has 0 fully saturated rings. The minimum atomic E-state index is -0.224. The molecule has 0 saturated carbocycles. The molecular formula is C15H15NO2. The third-order valence-corrected chi connectivity index (χ3v) is 2.57. The summed E-state index contributed by atoms with van der Waals surface area (Å²) in [5, 5.41) is 0. The van der Waals surface area contributed by atoms with Gasteiger partial charge >= 0.3 is 5.97 Å². The van der Waals surface area contributed by atoms with Gasteiger partial charge in [0.15, 0.2) is 0 Å². The first-order valence-electron chi connectivity index (χ1n) is 5.84. The van der Waals surface area contributed by atoms with Crippen LogP contribution < -0.4 is 10.5 Å². The maximum atomic E-state index is 11.6. The monoisotopic (exact) mass is 241 g/mol. The smallest absolute Gasteiger partial charge is 0.311 e. The van der Waals surface area contributed by atoms with Crippen molar-refractivity contribution < 1.29 is 9.53 Å². The van der Waals surface area contributed by atoms with Crippen LogP contribution >= 0.6 is 0 Å². The number of nitrogen functional groups attached to an aromatic ring is 1. The van der Waals surface area contributed by atoms with Crippen LogP contribution in [0, 0.1) is 0 Å². The predicted octanol–water partition coefficient (Wildman–Crippen LogP) is 2.81. The molecule has 0 unspecified atom stereocenters. The molecule has 0 aliphatic heterocycles. The van der Waals surface area contributed by atoms with Crippen molar-refractivity contribution in [3.63, 3.8) is 0 Å². The minimum absolute atomic E-state index is 0.224. The van der Waals surface area contributed by atoms with Crippen molar-refractivity contribution in [3.8, 4) is 5.75 Å². The van der Waals surface area contributed by atoms with Crippen LogP contribution in [0.3, 0.4) is 0 Å². The molecule has 0 spiro atoms. The number of esters is 1. The van der Waals surface area contributed by atoms with Crippen molar-refractivity contribution in [2.45, 2.75) is 12.8 Å². The van der Waals surface area contributed by atoms with Crippen LogP contribution in [-0.4, -0.2) is 5.97 Å². The van der Waals surface area contributed by atoms with Crippen LogP contribution in [0.5, 0.6) is 5.75 Å². The normalized spacial score (nSPS) is 10.0. The number of ether oxygens (including phenoxy) is 1. The maximum absolute atomic E-state index is 11.6. The van der Waals surface area contributed by atoms with Gasteiger partial charge in [-0.3, -0.25) is 4.79 Å². The maximum Gasteiger partial charge on any atom is 0.311 e. The standard InChI is InChI=1S/C15H15NO2/c16-13-9-6-12(7-10-13)8-11-15(17)18-14-4-2-1-3-5-14/h1-7,9-10H,8,11,16H2. The highest BCUT2D eigenvalue weighted by Crippen LogP contribution is 2.11. The lowest BCUT2D eigenvalue weighted by Gasteiger charge is -2.04. The molecule has 92 valence electrons. The number of hydrogen-bond donors (Lipinski definition) is 1. The quantitative estimate of drug-likeness (QED) is 0.508. The van der Waals surface area contributed by atoms with E-state index < -0.39 is 0 Å². The number of nitrogens with two attached hydrogens (primary N) is 1. The lowest BCUT2D eigenvalue weighted by atomic mass is 10.1. The summed E-state index contributed by atoms with van der Waals surface area (Å²) in [5.74, 6) is 0.359. The first kappa shape index (κ1) is 12.2. The van der Waals surface area contributed by atoms with E-state index in [1.165, 1.54) is 0 Å². The Bertz CT molecular complexity index is 506. The molecule has 0 aliphatic rings. The van der Waals surface area contributed by atoms with E-state index in [1.807, 2.05) is 42.5 Å². The van der Waals surface area contributed by atoms with Crippen LogP contribution in [0.2, 0.25) is 0 Å². The molecule has 2 aromatic rings. The third kappa shape index (κ3) is 3.63. The third-order valence-electron chi connectivity index (χ3n) is 2.57. The van der Waals surface area contributed by atoms with Gasteiger partial charge < -0.3 is 10.5 Å². The van der Waals surface area contributed by atoms with Gasteiger partial charge in [-0.1, -0.05) is 30.3 Å². The molecule has 0 aliphatic carbocycles. The Morgan fingerprint density at radius 3 is 2.33 bits per heavy atom. The van der Waals surface area contributed by atoms with Gasteiger partial charge in [0.25, 0.3) is 0 Å². The van der Waals surface area contributed by atoms with Gasteiger partial charge in [-0.25, -0.2) is 0 Å². The van der Waals surface area contributed by atoms with Gasteiger partial charge in [-0.05, 0) is 36.2 Å². The topological polar surface area (TPSA) is 52.3 Å². The number of aryl methyl sites for hydroxylation is 1. The summed E-state index contributed by atoms with van der Waals surface area (Å²) in [4.78, 5) is 11.6. The fourth-order valence-corrected chi connectivity index (χ4v) is 1.60. The molecule has 0 radical (unpaired) electrons. The molecule has 0 atom stereocenters. The second kappa shape index (κ2) is 5.87. The highest BCUT2D eigenvalue weighted by molar-refractivity contribution is 5.72. The van der Waals surface area contributed by atoms with Crippen LogP contribution in [0.15, 0.2) is 54.6 Å². The Kier molecular flexibility index (Phi) is 3.97. The molecule has 2 rings (SSSR count). The molecule has 18 heavy (non-hydrogen) atoms. The first-order valence-corrected chi connectivity index (χ1v) is 5.84. The van der Waals surface area contributed by atoms with E-state index in [9.17, 15) is 4.79 Å². The highest BCUT2D eigenvalue weighted by Gasteiger charge is 2.04. The zero-order valence-electron chi connectivity index (χ0n) is 10.0. The SMILES string of the molecule is Nc1ccc(CCC(=O)Oc2ccccc2)cc1. The molecule has 3 nitrogen and oxygen atoms in total. The number of benzene rings is 2. The van der Waals surface area contributed by atoms with Gasteiger partial charge in [-0.2, -0.15) is 0 Å². The zero-order chi connectivity index (χ0) is 12.8. The van der Waals surface area contributed by atoms with E-state index in [0.29, 0.717) is 18.6 Å². The van der Waals surface area contributed by atoms with Crippen molar-refractivity contribution in [2.75, 3.05) is 5.73 Å². The van der Waals surface area contributed by atoms with E-state index >= 15 is 0 Å². The second-order valence-corrected chi connectivity index (χ2v) is 4.03. The van der Waals surface area contributed by atoms with Gasteiger partial charge in [0.1, 0.15) is 5.75 Å². The van der Waals surface area contributed by atoms with E-state index in [4.69, 9.17) is 10.5 Å². The first-order chi connectivity index (χ1) is 8.74. The largest absolute Gasteiger partial charge is 0.427 e. The molecule has 0 saturated heterocycles. The number of rotatable bonds is 4. The van der Waals surface area contributed by atoms with Crippen LogP contribution in [0.1, 0.15) is 12.0 Å². The van der Waals surface area contributed by atoms with E-state index in [2.05, 4.69) is 0 Å².